The van der Waals surface area contributed by atoms with Gasteiger partial charge in [-0.25, -0.2) is 4.39 Å². The van der Waals surface area contributed by atoms with Gasteiger partial charge in [0.1, 0.15) is 23.9 Å². The average Bonchev–Trinajstić information content (AvgIpc) is 2.46. The molecule has 0 heterocycles. The van der Waals surface area contributed by atoms with Crippen molar-refractivity contribution in [3.05, 3.63) is 58.4 Å². The summed E-state index contributed by atoms with van der Waals surface area (Å²) in [5.41, 5.74) is 0.641. The summed E-state index contributed by atoms with van der Waals surface area (Å²) in [7, 11) is 1.57. The molecule has 2 rings (SSSR count). The summed E-state index contributed by atoms with van der Waals surface area (Å²) < 4.78 is 23.7. The number of aldehydes is 1. The Labute approximate surface area is 157 Å². The summed E-state index contributed by atoms with van der Waals surface area (Å²) in [6.45, 7) is 0.0829. The molecule has 0 amide bonds. The fourth-order valence-electron chi connectivity index (χ4n) is 1.71. The van der Waals surface area contributed by atoms with Crippen LogP contribution in [0.1, 0.15) is 15.9 Å². The summed E-state index contributed by atoms with van der Waals surface area (Å²) in [4.78, 5) is 10.9. The van der Waals surface area contributed by atoms with Crippen molar-refractivity contribution < 1.29 is 56.4 Å². The first-order valence-corrected chi connectivity index (χ1v) is 6.22. The van der Waals surface area contributed by atoms with Crippen LogP contribution in [0.2, 0.25) is 5.02 Å². The van der Waals surface area contributed by atoms with E-state index in [0.29, 0.717) is 23.3 Å². The van der Waals surface area contributed by atoms with Gasteiger partial charge in [0, 0.05) is 48.9 Å². The summed E-state index contributed by atoms with van der Waals surface area (Å²) in [6.07, 6.45) is 0.557. The Balaban J connectivity index is 0.00000220. The van der Waals surface area contributed by atoms with E-state index in [0.717, 1.165) is 12.1 Å². The van der Waals surface area contributed by atoms with Crippen LogP contribution in [0, 0.1) is 43.6 Å². The van der Waals surface area contributed by atoms with Gasteiger partial charge in [-0.2, -0.15) is 0 Å². The maximum atomic E-state index is 13.1. The van der Waals surface area contributed by atoms with Gasteiger partial charge < -0.3 is 9.47 Å². The molecule has 112 valence electrons. The van der Waals surface area contributed by atoms with Gasteiger partial charge in [0.25, 0.3) is 0 Å². The van der Waals surface area contributed by atoms with E-state index < -0.39 is 5.82 Å². The largest absolute Gasteiger partial charge is 0.497 e. The number of ether oxygens (including phenoxy) is 2. The minimum Gasteiger partial charge on any atom is -0.497 e. The van der Waals surface area contributed by atoms with E-state index in [2.05, 4.69) is 0 Å². The third kappa shape index (κ3) is 4.85. The van der Waals surface area contributed by atoms with E-state index in [1.165, 1.54) is 0 Å². The number of hydrogen-bond acceptors (Lipinski definition) is 3. The zero-order chi connectivity index (χ0) is 14.5. The first-order chi connectivity index (χ1) is 9.63. The maximum absolute atomic E-state index is 13.1. The zero-order valence-electron chi connectivity index (χ0n) is 11.1. The minimum atomic E-state index is -0.551. The maximum Gasteiger partial charge on any atom is 0.150 e. The van der Waals surface area contributed by atoms with Crippen LogP contribution in [-0.2, 0) is 6.61 Å². The number of rotatable bonds is 5. The Bertz CT molecular complexity index is 617. The molecular formula is C15H12ArClFO3. The summed E-state index contributed by atoms with van der Waals surface area (Å²) in [5, 5.41) is 0.167. The zero-order valence-corrected chi connectivity index (χ0v) is 12.5. The number of benzene rings is 2. The van der Waals surface area contributed by atoms with Gasteiger partial charge in [0.05, 0.1) is 12.1 Å². The third-order valence-corrected chi connectivity index (χ3v) is 3.10. The monoisotopic (exact) mass is 334 g/mol. The van der Waals surface area contributed by atoms with Crippen LogP contribution >= 0.6 is 11.6 Å². The molecule has 2 aromatic carbocycles. The molecule has 0 N–H and O–H groups in total. The van der Waals surface area contributed by atoms with Gasteiger partial charge in [0.15, 0.2) is 6.29 Å². The second kappa shape index (κ2) is 8.59. The minimum absolute atomic E-state index is 0. The first kappa shape index (κ1) is 18.2. The predicted octanol–water partition coefficient (Wildman–Crippen LogP) is 3.88. The van der Waals surface area contributed by atoms with Crippen molar-refractivity contribution in [2.24, 2.45) is 0 Å². The fourth-order valence-corrected chi connectivity index (χ4v) is 1.98. The van der Waals surface area contributed by atoms with Crippen LogP contribution < -0.4 is 9.47 Å². The molecule has 3 nitrogen and oxygen atoms in total. The Morgan fingerprint density at radius 1 is 1.19 bits per heavy atom. The van der Waals surface area contributed by atoms with Crippen LogP contribution in [0.15, 0.2) is 36.4 Å². The van der Waals surface area contributed by atoms with Gasteiger partial charge >= 0.3 is 0 Å². The number of methoxy groups -OCH3 is 1. The van der Waals surface area contributed by atoms with Crippen molar-refractivity contribution in [2.75, 3.05) is 7.11 Å². The van der Waals surface area contributed by atoms with E-state index in [1.807, 2.05) is 0 Å². The van der Waals surface area contributed by atoms with Crippen LogP contribution in [0.25, 0.3) is 0 Å². The Kier molecular flexibility index (Phi) is 7.46. The van der Waals surface area contributed by atoms with Gasteiger partial charge in [-0.05, 0) is 36.4 Å². The van der Waals surface area contributed by atoms with Crippen molar-refractivity contribution in [2.45, 2.75) is 6.61 Å². The van der Waals surface area contributed by atoms with Crippen LogP contribution in [0.5, 0.6) is 11.5 Å². The Morgan fingerprint density at radius 3 is 2.38 bits per heavy atom. The summed E-state index contributed by atoms with van der Waals surface area (Å²) in [5.74, 6) is 0.763. The van der Waals surface area contributed by atoms with Gasteiger partial charge in [-0.3, -0.25) is 4.79 Å². The van der Waals surface area contributed by atoms with E-state index >= 15 is 0 Å². The molecule has 0 aliphatic heterocycles. The molecule has 0 aliphatic rings. The van der Waals surface area contributed by atoms with E-state index in [1.54, 1.807) is 31.4 Å². The van der Waals surface area contributed by atoms with Crippen LogP contribution in [0.3, 0.4) is 0 Å². The quantitative estimate of drug-likeness (QED) is 0.778. The first-order valence-electron chi connectivity index (χ1n) is 5.84. The smallest absolute Gasteiger partial charge is 0.150 e. The number of hydrogen-bond donors (Lipinski definition) is 0. The van der Waals surface area contributed by atoms with E-state index in [-0.39, 0.29) is 54.9 Å². The molecule has 0 aliphatic carbocycles. The second-order valence-corrected chi connectivity index (χ2v) is 4.44. The van der Waals surface area contributed by atoms with Crippen LogP contribution in [-0.4, -0.2) is 13.4 Å². The van der Waals surface area contributed by atoms with Crippen molar-refractivity contribution in [1.82, 2.24) is 0 Å². The Morgan fingerprint density at radius 2 is 1.81 bits per heavy atom. The molecule has 2 aromatic rings. The SMILES string of the molecule is COc1ccc(OCc2c(Cl)cc(F)cc2C=O)cc1.[Ar]. The van der Waals surface area contributed by atoms with Crippen LogP contribution in [0.4, 0.5) is 4.39 Å². The van der Waals surface area contributed by atoms with Crippen molar-refractivity contribution >= 4 is 17.9 Å². The van der Waals surface area contributed by atoms with Gasteiger partial charge in [-0.15, -0.1) is 0 Å². The summed E-state index contributed by atoms with van der Waals surface area (Å²) >= 11 is 5.93. The molecule has 0 aromatic heterocycles. The van der Waals surface area contributed by atoms with E-state index in [9.17, 15) is 9.18 Å². The molecule has 0 fully saturated rings. The van der Waals surface area contributed by atoms with Crippen molar-refractivity contribution in [3.63, 3.8) is 0 Å². The van der Waals surface area contributed by atoms with Crippen molar-refractivity contribution in [3.8, 4) is 11.5 Å². The van der Waals surface area contributed by atoms with Gasteiger partial charge in [-0.1, -0.05) is 11.6 Å². The van der Waals surface area contributed by atoms with E-state index in [4.69, 9.17) is 21.1 Å². The standard InChI is InChI=1S/C15H12ClFO3.Ar/c1-19-12-2-4-13(5-3-12)20-9-14-10(8-18)6-11(17)7-15(14)16;/h2-8H,9H2,1H3;. The molecule has 0 saturated heterocycles. The number of carbonyl (C=O) groups excluding carboxylic acids is 1. The molecule has 0 atom stereocenters. The third-order valence-electron chi connectivity index (χ3n) is 2.76. The predicted molar refractivity (Wildman–Crippen MR) is 74.1 cm³/mol. The van der Waals surface area contributed by atoms with Crippen molar-refractivity contribution in [1.29, 1.82) is 0 Å². The molecule has 0 unspecified atom stereocenters. The Hall–Kier alpha value is -0.810. The fraction of sp³-hybridized carbons (Fsp3) is 0.133. The molecule has 0 spiro atoms. The number of halogens is 2. The molecular weight excluding hydrogens is 323 g/mol. The van der Waals surface area contributed by atoms with Gasteiger partial charge in [0.2, 0.25) is 0 Å². The number of carbonyl (C=O) groups is 1. The molecule has 6 heteroatoms. The average molecular weight is 335 g/mol. The molecule has 0 bridgehead atoms. The molecule has 0 radical (unpaired) electrons. The summed E-state index contributed by atoms with van der Waals surface area (Å²) in [6, 6.07) is 9.25. The molecule has 21 heavy (non-hydrogen) atoms. The molecule has 0 saturated carbocycles. The normalized spacial score (nSPS) is 9.67. The topological polar surface area (TPSA) is 35.5 Å². The second-order valence-electron chi connectivity index (χ2n) is 4.04.